The summed E-state index contributed by atoms with van der Waals surface area (Å²) < 4.78 is 10.4. The summed E-state index contributed by atoms with van der Waals surface area (Å²) in [7, 11) is 1.66. The number of hydrogen-bond donors (Lipinski definition) is 1. The minimum atomic E-state index is -0.174. The molecule has 0 radical (unpaired) electrons. The zero-order valence-electron chi connectivity index (χ0n) is 11.0. The van der Waals surface area contributed by atoms with Crippen LogP contribution in [0.25, 0.3) is 0 Å². The van der Waals surface area contributed by atoms with Gasteiger partial charge in [0.1, 0.15) is 0 Å². The first-order valence-electron chi connectivity index (χ1n) is 6.67. The first-order valence-corrected chi connectivity index (χ1v) is 6.67. The number of nitrogens with zero attached hydrogens (tertiary/aromatic N) is 3. The van der Waals surface area contributed by atoms with Gasteiger partial charge < -0.3 is 19.5 Å². The predicted octanol–water partition coefficient (Wildman–Crippen LogP) is 0.355. The fraction of sp³-hybridized carbons (Fsp3) is 0.750. The van der Waals surface area contributed by atoms with E-state index in [9.17, 15) is 4.79 Å². The molecule has 2 aliphatic heterocycles. The molecule has 3 heterocycles. The molecule has 1 aromatic heterocycles. The van der Waals surface area contributed by atoms with Crippen LogP contribution in [0.4, 0.5) is 0 Å². The van der Waals surface area contributed by atoms with E-state index < -0.39 is 0 Å². The molecular formula is C12H18N4O3. The van der Waals surface area contributed by atoms with E-state index in [1.807, 2.05) is 0 Å². The van der Waals surface area contributed by atoms with Gasteiger partial charge in [-0.3, -0.25) is 4.79 Å². The van der Waals surface area contributed by atoms with Crippen LogP contribution in [-0.4, -0.2) is 53.8 Å². The highest BCUT2D eigenvalue weighted by atomic mass is 16.5. The third-order valence-electron chi connectivity index (χ3n) is 3.76. The number of carbonyl (C=O) groups is 1. The van der Waals surface area contributed by atoms with Crippen LogP contribution in [0.1, 0.15) is 41.8 Å². The Morgan fingerprint density at radius 3 is 3.11 bits per heavy atom. The quantitative estimate of drug-likeness (QED) is 0.850. The Kier molecular flexibility index (Phi) is 3.48. The molecule has 0 aromatic carbocycles. The van der Waals surface area contributed by atoms with Gasteiger partial charge in [0.15, 0.2) is 0 Å². The average Bonchev–Trinajstić information content (AvgIpc) is 3.16. The lowest BCUT2D eigenvalue weighted by Crippen LogP contribution is -2.30. The van der Waals surface area contributed by atoms with E-state index in [1.165, 1.54) is 0 Å². The molecule has 1 aromatic rings. The van der Waals surface area contributed by atoms with Crippen molar-refractivity contribution in [3.05, 3.63) is 11.7 Å². The summed E-state index contributed by atoms with van der Waals surface area (Å²) in [4.78, 5) is 18.1. The van der Waals surface area contributed by atoms with Gasteiger partial charge in [-0.15, -0.1) is 0 Å². The Morgan fingerprint density at radius 2 is 2.42 bits per heavy atom. The molecule has 2 saturated heterocycles. The van der Waals surface area contributed by atoms with Gasteiger partial charge in [0, 0.05) is 20.2 Å². The molecule has 1 amide bonds. The molecule has 1 N–H and O–H groups in total. The lowest BCUT2D eigenvalue weighted by molar-refractivity contribution is 0.0710. The number of hydrogen-bond acceptors (Lipinski definition) is 6. The van der Waals surface area contributed by atoms with Crippen molar-refractivity contribution in [3.8, 4) is 0 Å². The average molecular weight is 266 g/mol. The fourth-order valence-electron chi connectivity index (χ4n) is 2.61. The number of methoxy groups -OCH3 is 1. The summed E-state index contributed by atoms with van der Waals surface area (Å²) in [5.41, 5.74) is 0. The molecule has 0 aliphatic carbocycles. The monoisotopic (exact) mass is 266 g/mol. The molecule has 7 nitrogen and oxygen atoms in total. The third-order valence-corrected chi connectivity index (χ3v) is 3.76. The van der Waals surface area contributed by atoms with Crippen LogP contribution >= 0.6 is 0 Å². The van der Waals surface area contributed by atoms with Crippen molar-refractivity contribution in [1.82, 2.24) is 20.4 Å². The molecule has 2 unspecified atom stereocenters. The van der Waals surface area contributed by atoms with Crippen molar-refractivity contribution in [3.63, 3.8) is 0 Å². The van der Waals surface area contributed by atoms with E-state index in [-0.39, 0.29) is 23.9 Å². The van der Waals surface area contributed by atoms with E-state index in [0.29, 0.717) is 19.0 Å². The molecule has 104 valence electrons. The maximum Gasteiger partial charge on any atom is 0.295 e. The lowest BCUT2D eigenvalue weighted by atomic mass is 10.2. The van der Waals surface area contributed by atoms with Gasteiger partial charge in [0.05, 0.1) is 12.1 Å². The second-order valence-electron chi connectivity index (χ2n) is 5.00. The zero-order valence-corrected chi connectivity index (χ0v) is 11.0. The fourth-order valence-corrected chi connectivity index (χ4v) is 2.61. The number of likely N-dealkylation sites (tertiary alicyclic amines) is 1. The van der Waals surface area contributed by atoms with Crippen molar-refractivity contribution < 1.29 is 14.1 Å². The van der Waals surface area contributed by atoms with Gasteiger partial charge in [0.25, 0.3) is 11.7 Å². The maximum atomic E-state index is 12.2. The number of ether oxygens (including phenoxy) is 1. The molecule has 19 heavy (non-hydrogen) atoms. The standard InChI is InChI=1S/C12H18N4O3/c1-18-8-4-6-16(7-8)12(17)10-14-11(19-15-10)9-3-2-5-13-9/h8-9,13H,2-7H2,1H3. The first-order chi connectivity index (χ1) is 9.28. The van der Waals surface area contributed by atoms with Gasteiger partial charge in [0.2, 0.25) is 5.89 Å². The number of nitrogens with one attached hydrogen (secondary N) is 1. The summed E-state index contributed by atoms with van der Waals surface area (Å²) in [6, 6.07) is 0.0966. The highest BCUT2D eigenvalue weighted by molar-refractivity contribution is 5.90. The topological polar surface area (TPSA) is 80.5 Å². The van der Waals surface area contributed by atoms with Gasteiger partial charge in [-0.05, 0) is 25.8 Å². The maximum absolute atomic E-state index is 12.2. The van der Waals surface area contributed by atoms with Crippen molar-refractivity contribution >= 4 is 5.91 Å². The van der Waals surface area contributed by atoms with E-state index in [2.05, 4.69) is 15.5 Å². The molecule has 2 aliphatic rings. The molecule has 0 bridgehead atoms. The van der Waals surface area contributed by atoms with E-state index in [0.717, 1.165) is 25.8 Å². The Balaban J connectivity index is 1.67. The van der Waals surface area contributed by atoms with Crippen molar-refractivity contribution in [2.45, 2.75) is 31.4 Å². The van der Waals surface area contributed by atoms with Crippen molar-refractivity contribution in [2.75, 3.05) is 26.7 Å². The Hall–Kier alpha value is -1.47. The van der Waals surface area contributed by atoms with Gasteiger partial charge in [-0.2, -0.15) is 4.98 Å². The molecule has 0 spiro atoms. The largest absolute Gasteiger partial charge is 0.380 e. The third kappa shape index (κ3) is 2.48. The van der Waals surface area contributed by atoms with Crippen LogP contribution in [-0.2, 0) is 4.74 Å². The molecule has 0 saturated carbocycles. The van der Waals surface area contributed by atoms with Crippen LogP contribution in [0.15, 0.2) is 4.52 Å². The molecule has 3 rings (SSSR count). The SMILES string of the molecule is COC1CCN(C(=O)c2noc(C3CCCN3)n2)C1. The first kappa shape index (κ1) is 12.6. The van der Waals surface area contributed by atoms with Crippen molar-refractivity contribution in [2.24, 2.45) is 0 Å². The predicted molar refractivity (Wildman–Crippen MR) is 65.6 cm³/mol. The minimum absolute atomic E-state index is 0.0966. The smallest absolute Gasteiger partial charge is 0.295 e. The lowest BCUT2D eigenvalue weighted by Gasteiger charge is -2.13. The second-order valence-corrected chi connectivity index (χ2v) is 5.00. The minimum Gasteiger partial charge on any atom is -0.380 e. The summed E-state index contributed by atoms with van der Waals surface area (Å²) >= 11 is 0. The van der Waals surface area contributed by atoms with E-state index >= 15 is 0 Å². The van der Waals surface area contributed by atoms with Crippen LogP contribution in [0.5, 0.6) is 0 Å². The number of carbonyl (C=O) groups excluding carboxylic acids is 1. The highest BCUT2D eigenvalue weighted by Crippen LogP contribution is 2.22. The zero-order chi connectivity index (χ0) is 13.2. The molecular weight excluding hydrogens is 248 g/mol. The van der Waals surface area contributed by atoms with Gasteiger partial charge >= 0.3 is 0 Å². The van der Waals surface area contributed by atoms with Crippen LogP contribution in [0.2, 0.25) is 0 Å². The van der Waals surface area contributed by atoms with Gasteiger partial charge in [-0.1, -0.05) is 5.16 Å². The number of aromatic nitrogens is 2. The summed E-state index contributed by atoms with van der Waals surface area (Å²) in [6.45, 7) is 2.24. The summed E-state index contributed by atoms with van der Waals surface area (Å²) in [5.74, 6) is 0.497. The van der Waals surface area contributed by atoms with E-state index in [4.69, 9.17) is 9.26 Å². The normalized spacial score (nSPS) is 27.1. The summed E-state index contributed by atoms with van der Waals surface area (Å²) in [5, 5.41) is 7.07. The molecule has 7 heteroatoms. The summed E-state index contributed by atoms with van der Waals surface area (Å²) in [6.07, 6.45) is 3.05. The highest BCUT2D eigenvalue weighted by Gasteiger charge is 2.31. The molecule has 2 fully saturated rings. The van der Waals surface area contributed by atoms with Crippen molar-refractivity contribution in [1.29, 1.82) is 0 Å². The van der Waals surface area contributed by atoms with E-state index in [1.54, 1.807) is 12.0 Å². The van der Waals surface area contributed by atoms with Crippen LogP contribution in [0.3, 0.4) is 0 Å². The Bertz CT molecular complexity index is 456. The van der Waals surface area contributed by atoms with Crippen LogP contribution in [0, 0.1) is 0 Å². The Morgan fingerprint density at radius 1 is 1.53 bits per heavy atom. The second kappa shape index (κ2) is 5.26. The number of amides is 1. The number of rotatable bonds is 3. The molecule has 2 atom stereocenters. The van der Waals surface area contributed by atoms with Gasteiger partial charge in [-0.25, -0.2) is 0 Å². The Labute approximate surface area is 111 Å². The van der Waals surface area contributed by atoms with Crippen LogP contribution < -0.4 is 5.32 Å².